The van der Waals surface area contributed by atoms with Crippen LogP contribution in [0.5, 0.6) is 11.6 Å². The van der Waals surface area contributed by atoms with Crippen LogP contribution >= 0.6 is 0 Å². The Bertz CT molecular complexity index is 518. The van der Waals surface area contributed by atoms with Crippen LogP contribution in [0.3, 0.4) is 0 Å². The lowest BCUT2D eigenvalue weighted by molar-refractivity contribution is -0.276. The van der Waals surface area contributed by atoms with Gasteiger partial charge in [0, 0.05) is 17.3 Å². The molecule has 5 nitrogen and oxygen atoms in total. The first-order valence-corrected chi connectivity index (χ1v) is 5.56. The number of esters is 1. The van der Waals surface area contributed by atoms with E-state index in [1.165, 1.54) is 6.92 Å². The van der Waals surface area contributed by atoms with Crippen molar-refractivity contribution < 1.29 is 41.3 Å². The van der Waals surface area contributed by atoms with Crippen LogP contribution < -0.4 is 4.74 Å². The molecule has 0 spiro atoms. The number of aromatic hydroxyl groups is 1. The molecule has 0 radical (unpaired) electrons. The summed E-state index contributed by atoms with van der Waals surface area (Å²) in [5.74, 6) is -3.58. The lowest BCUT2D eigenvalue weighted by Gasteiger charge is -2.14. The quantitative estimate of drug-likeness (QED) is 0.668. The topological polar surface area (TPSA) is 68.7 Å². The van der Waals surface area contributed by atoms with E-state index in [2.05, 4.69) is 14.5 Å². The minimum atomic E-state index is -5.17. The van der Waals surface area contributed by atoms with Crippen molar-refractivity contribution >= 4 is 5.97 Å². The number of hydrogen-bond acceptors (Lipinski definition) is 5. The molecule has 0 saturated carbocycles. The van der Waals surface area contributed by atoms with Gasteiger partial charge in [-0.1, -0.05) is 0 Å². The molecule has 0 atom stereocenters. The van der Waals surface area contributed by atoms with E-state index in [9.17, 15) is 31.9 Å². The van der Waals surface area contributed by atoms with E-state index in [0.29, 0.717) is 6.20 Å². The summed E-state index contributed by atoms with van der Waals surface area (Å²) in [4.78, 5) is 14.2. The zero-order valence-electron chi connectivity index (χ0n) is 10.6. The number of alkyl halides is 5. The fourth-order valence-corrected chi connectivity index (χ4v) is 1.45. The Kier molecular flexibility index (Phi) is 5.28. The normalized spacial score (nSPS) is 11.6. The summed E-state index contributed by atoms with van der Waals surface area (Å²) in [7, 11) is 0. The molecule has 1 aromatic rings. The Labute approximate surface area is 115 Å². The fraction of sp³-hybridized carbons (Fsp3) is 0.455. The summed E-state index contributed by atoms with van der Waals surface area (Å²) in [6.45, 7) is 1.40. The summed E-state index contributed by atoms with van der Waals surface area (Å²) in [6.07, 6.45) is -8.75. The monoisotopic (exact) mass is 315 g/mol. The third-order valence-electron chi connectivity index (χ3n) is 2.23. The molecule has 0 saturated heterocycles. The third kappa shape index (κ3) is 4.72. The molecule has 1 heterocycles. The first-order valence-electron chi connectivity index (χ1n) is 5.56. The smallest absolute Gasteiger partial charge is 0.503 e. The zero-order valence-corrected chi connectivity index (χ0v) is 10.6. The minimum absolute atomic E-state index is 0.0550. The van der Waals surface area contributed by atoms with E-state index >= 15 is 0 Å². The molecular weight excluding hydrogens is 305 g/mol. The molecule has 1 rings (SSSR count). The molecule has 10 heteroatoms. The highest BCUT2D eigenvalue weighted by Crippen LogP contribution is 2.37. The number of nitrogens with zero attached hydrogens (tertiary/aromatic N) is 1. The molecular formula is C11H10F5NO4. The van der Waals surface area contributed by atoms with Crippen molar-refractivity contribution in [3.63, 3.8) is 0 Å². The van der Waals surface area contributed by atoms with E-state index in [1.807, 2.05) is 0 Å². The molecule has 0 aliphatic carbocycles. The molecule has 0 fully saturated rings. The maximum Gasteiger partial charge on any atom is 0.574 e. The first-order chi connectivity index (χ1) is 9.65. The number of ether oxygens (including phenoxy) is 2. The summed E-state index contributed by atoms with van der Waals surface area (Å²) in [6, 6.07) is 0. The van der Waals surface area contributed by atoms with Gasteiger partial charge in [0.1, 0.15) is 0 Å². The Balaban J connectivity index is 3.21. The van der Waals surface area contributed by atoms with Crippen LogP contribution in [-0.4, -0.2) is 29.0 Å². The average molecular weight is 315 g/mol. The van der Waals surface area contributed by atoms with Crippen LogP contribution in [0.15, 0.2) is 6.20 Å². The summed E-state index contributed by atoms with van der Waals surface area (Å²) in [5.41, 5.74) is -1.60. The van der Waals surface area contributed by atoms with Crippen LogP contribution in [0.25, 0.3) is 0 Å². The van der Waals surface area contributed by atoms with Gasteiger partial charge in [-0.3, -0.25) is 4.79 Å². The standard InChI is InChI=1S/C11H10F5NO4/c1-2-20-7(18)3-5-6(9(12)13)4-17-10(8(5)19)21-11(14,15)16/h4,9,19H,2-3H2,1H3. The van der Waals surface area contributed by atoms with Crippen molar-refractivity contribution in [2.45, 2.75) is 26.1 Å². The van der Waals surface area contributed by atoms with Gasteiger partial charge in [0.15, 0.2) is 5.75 Å². The van der Waals surface area contributed by atoms with Gasteiger partial charge in [0.25, 0.3) is 12.3 Å². The number of pyridine rings is 1. The van der Waals surface area contributed by atoms with E-state index in [0.717, 1.165) is 0 Å². The van der Waals surface area contributed by atoms with E-state index < -0.39 is 47.9 Å². The number of carbonyl (C=O) groups excluding carboxylic acids is 1. The van der Waals surface area contributed by atoms with Crippen LogP contribution in [0.4, 0.5) is 22.0 Å². The molecule has 0 aliphatic rings. The van der Waals surface area contributed by atoms with E-state index in [1.54, 1.807) is 0 Å². The van der Waals surface area contributed by atoms with Crippen molar-refractivity contribution in [1.29, 1.82) is 0 Å². The van der Waals surface area contributed by atoms with Crippen LogP contribution in [0.1, 0.15) is 24.5 Å². The SMILES string of the molecule is CCOC(=O)Cc1c(C(F)F)cnc(OC(F)(F)F)c1O. The minimum Gasteiger partial charge on any atom is -0.503 e. The van der Waals surface area contributed by atoms with Crippen LogP contribution in [-0.2, 0) is 16.0 Å². The lowest BCUT2D eigenvalue weighted by Crippen LogP contribution is -2.19. The Morgan fingerprint density at radius 3 is 2.52 bits per heavy atom. The van der Waals surface area contributed by atoms with Gasteiger partial charge in [0.2, 0.25) is 0 Å². The van der Waals surface area contributed by atoms with Gasteiger partial charge in [-0.05, 0) is 6.92 Å². The lowest BCUT2D eigenvalue weighted by atomic mass is 10.1. The predicted molar refractivity (Wildman–Crippen MR) is 57.9 cm³/mol. The average Bonchev–Trinajstić information content (AvgIpc) is 2.32. The summed E-state index contributed by atoms with van der Waals surface area (Å²) >= 11 is 0. The third-order valence-corrected chi connectivity index (χ3v) is 2.23. The van der Waals surface area contributed by atoms with Crippen molar-refractivity contribution in [3.8, 4) is 11.6 Å². The van der Waals surface area contributed by atoms with Gasteiger partial charge in [-0.15, -0.1) is 13.2 Å². The molecule has 118 valence electrons. The molecule has 0 aromatic carbocycles. The second-order valence-electron chi connectivity index (χ2n) is 3.68. The second-order valence-corrected chi connectivity index (χ2v) is 3.68. The Hall–Kier alpha value is -2.13. The maximum atomic E-state index is 12.7. The van der Waals surface area contributed by atoms with Crippen LogP contribution in [0.2, 0.25) is 0 Å². The molecule has 1 N–H and O–H groups in total. The number of carbonyl (C=O) groups is 1. The van der Waals surface area contributed by atoms with Gasteiger partial charge in [-0.2, -0.15) is 0 Å². The number of hydrogen-bond donors (Lipinski definition) is 1. The predicted octanol–water partition coefficient (Wildman–Crippen LogP) is 2.73. The number of aromatic nitrogens is 1. The molecule has 1 aromatic heterocycles. The van der Waals surface area contributed by atoms with E-state index in [4.69, 9.17) is 0 Å². The Morgan fingerprint density at radius 2 is 2.05 bits per heavy atom. The summed E-state index contributed by atoms with van der Waals surface area (Å²) < 4.78 is 69.6. The van der Waals surface area contributed by atoms with E-state index in [-0.39, 0.29) is 6.61 Å². The Morgan fingerprint density at radius 1 is 1.43 bits per heavy atom. The summed E-state index contributed by atoms with van der Waals surface area (Å²) in [5, 5.41) is 9.57. The highest BCUT2D eigenvalue weighted by atomic mass is 19.4. The molecule has 21 heavy (non-hydrogen) atoms. The number of rotatable bonds is 5. The molecule has 0 unspecified atom stereocenters. The van der Waals surface area contributed by atoms with Crippen molar-refractivity contribution in [2.24, 2.45) is 0 Å². The first kappa shape index (κ1) is 16.9. The molecule has 0 bridgehead atoms. The molecule has 0 amide bonds. The second kappa shape index (κ2) is 6.55. The molecule has 0 aliphatic heterocycles. The largest absolute Gasteiger partial charge is 0.574 e. The highest BCUT2D eigenvalue weighted by Gasteiger charge is 2.34. The van der Waals surface area contributed by atoms with Crippen LogP contribution in [0, 0.1) is 0 Å². The zero-order chi connectivity index (χ0) is 16.2. The maximum absolute atomic E-state index is 12.7. The van der Waals surface area contributed by atoms with Crippen molar-refractivity contribution in [1.82, 2.24) is 4.98 Å². The number of halogens is 5. The van der Waals surface area contributed by atoms with Gasteiger partial charge >= 0.3 is 12.3 Å². The van der Waals surface area contributed by atoms with Gasteiger partial charge in [0.05, 0.1) is 13.0 Å². The highest BCUT2D eigenvalue weighted by molar-refractivity contribution is 5.74. The van der Waals surface area contributed by atoms with Gasteiger partial charge < -0.3 is 14.6 Å². The fourth-order valence-electron chi connectivity index (χ4n) is 1.45. The van der Waals surface area contributed by atoms with Gasteiger partial charge in [-0.25, -0.2) is 13.8 Å². The van der Waals surface area contributed by atoms with Crippen molar-refractivity contribution in [2.75, 3.05) is 6.61 Å². The van der Waals surface area contributed by atoms with Crippen molar-refractivity contribution in [3.05, 3.63) is 17.3 Å².